The summed E-state index contributed by atoms with van der Waals surface area (Å²) in [5.74, 6) is 1.99. The first kappa shape index (κ1) is 20.5. The minimum Gasteiger partial charge on any atom is -0.377 e. The summed E-state index contributed by atoms with van der Waals surface area (Å²) in [6.45, 7) is 1.83. The maximum Gasteiger partial charge on any atom is 0.288 e. The lowest BCUT2D eigenvalue weighted by Gasteiger charge is -2.35. The molecule has 2 N–H and O–H groups in total. The molecule has 4 aliphatic rings. The summed E-state index contributed by atoms with van der Waals surface area (Å²) in [5, 5.41) is 11.0. The highest BCUT2D eigenvalue weighted by molar-refractivity contribution is 6.33. The molecule has 3 atom stereocenters. The summed E-state index contributed by atoms with van der Waals surface area (Å²) >= 11 is 6.45. The van der Waals surface area contributed by atoms with Crippen LogP contribution in [0.4, 0.5) is 5.69 Å². The predicted octanol–water partition coefficient (Wildman–Crippen LogP) is 3.55. The van der Waals surface area contributed by atoms with E-state index in [4.69, 9.17) is 11.6 Å². The lowest BCUT2D eigenvalue weighted by molar-refractivity contribution is -0.122. The van der Waals surface area contributed by atoms with Gasteiger partial charge in [0.1, 0.15) is 11.6 Å². The molecule has 2 heterocycles. The van der Waals surface area contributed by atoms with E-state index in [-0.39, 0.29) is 29.1 Å². The van der Waals surface area contributed by atoms with Gasteiger partial charge in [-0.05, 0) is 74.0 Å². The summed E-state index contributed by atoms with van der Waals surface area (Å²) in [4.78, 5) is 29.4. The number of pyridine rings is 1. The second-order valence-electron chi connectivity index (χ2n) is 9.47. The lowest BCUT2D eigenvalue weighted by atomic mass is 9.80. The highest BCUT2D eigenvalue weighted by atomic mass is 35.5. The molecule has 4 fully saturated rings. The van der Waals surface area contributed by atoms with E-state index >= 15 is 0 Å². The average molecular weight is 442 g/mol. The summed E-state index contributed by atoms with van der Waals surface area (Å²) in [7, 11) is 0. The topological polar surface area (TPSA) is 88.9 Å². The molecule has 2 aromatic heterocycles. The van der Waals surface area contributed by atoms with E-state index < -0.39 is 5.56 Å². The van der Waals surface area contributed by atoms with Gasteiger partial charge in [0.2, 0.25) is 5.91 Å². The monoisotopic (exact) mass is 441 g/mol. The van der Waals surface area contributed by atoms with Gasteiger partial charge < -0.3 is 10.6 Å². The van der Waals surface area contributed by atoms with Crippen molar-refractivity contribution in [1.29, 1.82) is 0 Å². The number of carbonyl (C=O) groups excluding carboxylic acids is 1. The van der Waals surface area contributed by atoms with Crippen molar-refractivity contribution in [3.63, 3.8) is 0 Å². The molecule has 0 aliphatic heterocycles. The summed E-state index contributed by atoms with van der Waals surface area (Å²) in [6.07, 6.45) is 11.9. The van der Waals surface area contributed by atoms with Crippen molar-refractivity contribution >= 4 is 23.2 Å². The number of nitrogens with one attached hydrogen (secondary N) is 2. The zero-order valence-corrected chi connectivity index (χ0v) is 18.4. The Morgan fingerprint density at radius 2 is 1.97 bits per heavy atom. The van der Waals surface area contributed by atoms with Gasteiger partial charge in [-0.1, -0.05) is 18.5 Å². The van der Waals surface area contributed by atoms with Gasteiger partial charge in [0.15, 0.2) is 0 Å². The zero-order chi connectivity index (χ0) is 21.6. The van der Waals surface area contributed by atoms with Crippen LogP contribution in [0.25, 0.3) is 0 Å². The third-order valence-corrected chi connectivity index (χ3v) is 7.87. The molecule has 0 saturated heterocycles. The molecule has 4 aliphatic carbocycles. The second-order valence-corrected chi connectivity index (χ2v) is 9.85. The van der Waals surface area contributed by atoms with Crippen molar-refractivity contribution in [3.05, 3.63) is 51.7 Å². The summed E-state index contributed by atoms with van der Waals surface area (Å²) < 4.78 is 1.14. The molecule has 8 heteroatoms. The van der Waals surface area contributed by atoms with Crippen molar-refractivity contribution < 1.29 is 4.79 Å². The van der Waals surface area contributed by atoms with Crippen molar-refractivity contribution in [1.82, 2.24) is 20.1 Å². The molecule has 3 unspecified atom stereocenters. The molecule has 6 rings (SSSR count). The Morgan fingerprint density at radius 1 is 1.26 bits per heavy atom. The highest BCUT2D eigenvalue weighted by Gasteiger charge is 2.57. The molecule has 0 aromatic carbocycles. The van der Waals surface area contributed by atoms with E-state index in [1.165, 1.54) is 19.3 Å². The number of anilines is 1. The molecule has 2 aromatic rings. The fourth-order valence-electron chi connectivity index (χ4n) is 6.33. The van der Waals surface area contributed by atoms with Crippen molar-refractivity contribution in [2.45, 2.75) is 63.6 Å². The van der Waals surface area contributed by atoms with Crippen LogP contribution in [0.15, 0.2) is 35.5 Å². The standard InChI is InChI=1S/C23H28ClN5O2/c1-2-18(16-3-5-25-6-4-16)27-20(30)13-29-22(31)21(24)19(12-26-29)28-23-10-14-7-15(11-23)9-17(23)8-14/h3-6,12,14-15,17-18,28H,2,7-11,13H2,1H3,(H,27,30). The van der Waals surface area contributed by atoms with E-state index in [0.717, 1.165) is 41.3 Å². The van der Waals surface area contributed by atoms with E-state index in [1.54, 1.807) is 18.6 Å². The van der Waals surface area contributed by atoms with Crippen LogP contribution in [0, 0.1) is 17.8 Å². The fraction of sp³-hybridized carbons (Fsp3) is 0.565. The summed E-state index contributed by atoms with van der Waals surface area (Å²) in [6, 6.07) is 3.60. The Bertz CT molecular complexity index is 1030. The quantitative estimate of drug-likeness (QED) is 0.685. The van der Waals surface area contributed by atoms with Gasteiger partial charge >= 0.3 is 0 Å². The molecule has 1 amide bonds. The first-order chi connectivity index (χ1) is 15.0. The predicted molar refractivity (Wildman–Crippen MR) is 119 cm³/mol. The van der Waals surface area contributed by atoms with Crippen LogP contribution in [0.2, 0.25) is 5.02 Å². The first-order valence-electron chi connectivity index (χ1n) is 11.2. The molecule has 31 heavy (non-hydrogen) atoms. The Kier molecular flexibility index (Phi) is 5.24. The normalized spacial score (nSPS) is 29.2. The number of aromatic nitrogens is 3. The van der Waals surface area contributed by atoms with Gasteiger partial charge in [0, 0.05) is 17.9 Å². The van der Waals surface area contributed by atoms with Crippen LogP contribution in [-0.2, 0) is 11.3 Å². The third kappa shape index (κ3) is 3.73. The Morgan fingerprint density at radius 3 is 2.65 bits per heavy atom. The number of carbonyl (C=O) groups is 1. The summed E-state index contributed by atoms with van der Waals surface area (Å²) in [5.41, 5.74) is 1.20. The molecule has 4 bridgehead atoms. The smallest absolute Gasteiger partial charge is 0.288 e. The van der Waals surface area contributed by atoms with Gasteiger partial charge in [-0.15, -0.1) is 0 Å². The number of hydrogen-bond acceptors (Lipinski definition) is 5. The molecule has 164 valence electrons. The van der Waals surface area contributed by atoms with Crippen molar-refractivity contribution in [2.24, 2.45) is 17.8 Å². The Balaban J connectivity index is 1.28. The van der Waals surface area contributed by atoms with Crippen LogP contribution in [0.1, 0.15) is 57.1 Å². The minimum absolute atomic E-state index is 0.0633. The van der Waals surface area contributed by atoms with E-state index in [2.05, 4.69) is 20.7 Å². The van der Waals surface area contributed by atoms with E-state index in [0.29, 0.717) is 11.6 Å². The Hall–Kier alpha value is -2.41. The van der Waals surface area contributed by atoms with Crippen molar-refractivity contribution in [3.8, 4) is 0 Å². The maximum absolute atomic E-state index is 12.8. The maximum atomic E-state index is 12.8. The molecular weight excluding hydrogens is 414 g/mol. The molecule has 4 saturated carbocycles. The average Bonchev–Trinajstić information content (AvgIpc) is 3.15. The number of nitrogens with zero attached hydrogens (tertiary/aromatic N) is 3. The van der Waals surface area contributed by atoms with Crippen LogP contribution in [0.5, 0.6) is 0 Å². The fourth-order valence-corrected chi connectivity index (χ4v) is 6.52. The van der Waals surface area contributed by atoms with E-state index in [1.807, 2.05) is 19.1 Å². The number of rotatable bonds is 7. The van der Waals surface area contributed by atoms with E-state index in [9.17, 15) is 9.59 Å². The molecule has 7 nitrogen and oxygen atoms in total. The van der Waals surface area contributed by atoms with Gasteiger partial charge in [-0.25, -0.2) is 4.68 Å². The minimum atomic E-state index is -0.437. The number of halogens is 1. The first-order valence-corrected chi connectivity index (χ1v) is 11.6. The SMILES string of the molecule is CCC(NC(=O)Cn1ncc(NC23CC4CC(CC2C4)C3)c(Cl)c1=O)c1ccncc1. The van der Waals surface area contributed by atoms with Gasteiger partial charge in [-0.3, -0.25) is 14.6 Å². The number of amides is 1. The van der Waals surface area contributed by atoms with Gasteiger partial charge in [0.25, 0.3) is 5.56 Å². The molecule has 0 radical (unpaired) electrons. The Labute approximate surface area is 186 Å². The van der Waals surface area contributed by atoms with Gasteiger partial charge in [0.05, 0.1) is 17.9 Å². The van der Waals surface area contributed by atoms with Crippen LogP contribution in [0.3, 0.4) is 0 Å². The molecule has 0 spiro atoms. The number of hydrogen-bond donors (Lipinski definition) is 2. The van der Waals surface area contributed by atoms with Crippen LogP contribution in [-0.4, -0.2) is 26.2 Å². The van der Waals surface area contributed by atoms with Crippen LogP contribution < -0.4 is 16.2 Å². The lowest BCUT2D eigenvalue weighted by Crippen LogP contribution is -2.41. The molecular formula is C23H28ClN5O2. The largest absolute Gasteiger partial charge is 0.377 e. The van der Waals surface area contributed by atoms with Gasteiger partial charge in [-0.2, -0.15) is 5.10 Å². The van der Waals surface area contributed by atoms with Crippen molar-refractivity contribution in [2.75, 3.05) is 5.32 Å². The van der Waals surface area contributed by atoms with Crippen LogP contribution >= 0.6 is 11.6 Å². The second kappa shape index (κ2) is 7.93. The zero-order valence-electron chi connectivity index (χ0n) is 17.7. The highest BCUT2D eigenvalue weighted by Crippen LogP contribution is 2.61. The third-order valence-electron chi connectivity index (χ3n) is 7.50.